The van der Waals surface area contributed by atoms with Gasteiger partial charge in [0.15, 0.2) is 11.6 Å². The van der Waals surface area contributed by atoms with Gasteiger partial charge in [0.05, 0.1) is 11.4 Å². The lowest BCUT2D eigenvalue weighted by atomic mass is 10.0. The van der Waals surface area contributed by atoms with Crippen LogP contribution >= 0.6 is 0 Å². The Bertz CT molecular complexity index is 1500. The first-order valence-corrected chi connectivity index (χ1v) is 11.2. The molecule has 0 unspecified atom stereocenters. The van der Waals surface area contributed by atoms with Gasteiger partial charge in [-0.25, -0.2) is 13.2 Å². The number of alkyl halides is 1. The Kier molecular flexibility index (Phi) is 7.01. The first-order chi connectivity index (χ1) is 17.6. The molecule has 188 valence electrons. The Balaban J connectivity index is 1.67. The molecule has 1 aromatic carbocycles. The first kappa shape index (κ1) is 25.5. The van der Waals surface area contributed by atoms with E-state index in [-0.39, 0.29) is 34.1 Å². The molecule has 0 atom stereocenters. The van der Waals surface area contributed by atoms with Crippen molar-refractivity contribution in [1.82, 2.24) is 20.3 Å². The molecule has 0 radical (unpaired) electrons. The van der Waals surface area contributed by atoms with Gasteiger partial charge in [-0.1, -0.05) is 0 Å². The number of carbonyl (C=O) groups excluding carboxylic acids is 2. The maximum atomic E-state index is 14.8. The maximum absolute atomic E-state index is 14.8. The van der Waals surface area contributed by atoms with E-state index in [1.807, 2.05) is 0 Å². The van der Waals surface area contributed by atoms with E-state index in [4.69, 9.17) is 0 Å². The van der Waals surface area contributed by atoms with Crippen molar-refractivity contribution < 1.29 is 22.8 Å². The summed E-state index contributed by atoms with van der Waals surface area (Å²) in [5.41, 5.74) is -0.293. The second kappa shape index (κ2) is 10.2. The number of aromatic nitrogens is 3. The van der Waals surface area contributed by atoms with Gasteiger partial charge in [-0.15, -0.1) is 0 Å². The van der Waals surface area contributed by atoms with Crippen molar-refractivity contribution in [3.05, 3.63) is 95.7 Å². The molecule has 0 aliphatic heterocycles. The number of anilines is 1. The Morgan fingerprint density at radius 3 is 2.27 bits per heavy atom. The van der Waals surface area contributed by atoms with Crippen LogP contribution in [-0.4, -0.2) is 33.8 Å². The van der Waals surface area contributed by atoms with Gasteiger partial charge >= 0.3 is 0 Å². The van der Waals surface area contributed by atoms with E-state index in [1.165, 1.54) is 75.9 Å². The number of nitrogens with zero attached hydrogens (tertiary/aromatic N) is 3. The molecule has 0 bridgehead atoms. The van der Waals surface area contributed by atoms with Crippen LogP contribution in [0, 0.1) is 11.6 Å². The zero-order valence-corrected chi connectivity index (χ0v) is 20.1. The molecule has 0 spiro atoms. The number of hydrogen-bond donors (Lipinski definition) is 2. The van der Waals surface area contributed by atoms with Crippen LogP contribution in [-0.2, 0) is 5.67 Å². The molecule has 10 heteroatoms. The Hall–Kier alpha value is -4.60. The zero-order valence-electron chi connectivity index (χ0n) is 20.1. The smallest absolute Gasteiger partial charge is 0.269 e. The molecule has 0 aliphatic rings. The molecule has 7 nitrogen and oxygen atoms in total. The summed E-state index contributed by atoms with van der Waals surface area (Å²) in [6.07, 6.45) is 4.17. The molecule has 4 aromatic rings. The minimum absolute atomic E-state index is 0.000877. The summed E-state index contributed by atoms with van der Waals surface area (Å²) < 4.78 is 43.6. The van der Waals surface area contributed by atoms with Crippen LogP contribution in [0.3, 0.4) is 0 Å². The number of pyridine rings is 3. The van der Waals surface area contributed by atoms with Gasteiger partial charge in [-0.05, 0) is 61.9 Å². The maximum Gasteiger partial charge on any atom is 0.269 e. The summed E-state index contributed by atoms with van der Waals surface area (Å²) in [6.45, 7) is 2.62. The highest BCUT2D eigenvalue weighted by molar-refractivity contribution is 6.04. The number of nitrogens with one attached hydrogen (secondary N) is 2. The van der Waals surface area contributed by atoms with Crippen LogP contribution < -0.4 is 10.6 Å². The highest BCUT2D eigenvalue weighted by atomic mass is 19.2. The van der Waals surface area contributed by atoms with Crippen molar-refractivity contribution >= 4 is 17.5 Å². The largest absolute Gasteiger partial charge is 0.354 e. The number of hydrogen-bond acceptors (Lipinski definition) is 5. The second-order valence-electron chi connectivity index (χ2n) is 8.61. The molecule has 0 fully saturated rings. The van der Waals surface area contributed by atoms with Crippen LogP contribution in [0.25, 0.3) is 22.4 Å². The Labute approximate surface area is 210 Å². The fraction of sp³-hybridized carbons (Fsp3) is 0.148. The van der Waals surface area contributed by atoms with Crippen LogP contribution in [0.5, 0.6) is 0 Å². The molecule has 3 aromatic heterocycles. The topological polar surface area (TPSA) is 96.9 Å². The van der Waals surface area contributed by atoms with E-state index in [1.54, 1.807) is 6.07 Å². The van der Waals surface area contributed by atoms with Gasteiger partial charge in [0.1, 0.15) is 11.4 Å². The lowest BCUT2D eigenvalue weighted by Gasteiger charge is -2.14. The van der Waals surface area contributed by atoms with Gasteiger partial charge in [0.2, 0.25) is 0 Å². The summed E-state index contributed by atoms with van der Waals surface area (Å²) in [5.74, 6) is -3.30. The minimum atomic E-state index is -1.76. The molecule has 2 N–H and O–H groups in total. The normalized spacial score (nSPS) is 11.2. The standard InChI is InChI=1S/C27H22F3N5O2/c1-27(2,30)23-12-17(6-9-34-23)25(36)35-18-13-19(24(29)20(28)14-18)15-4-7-32-21(10-15)16-5-8-33-22(11-16)26(37)31-3/h4-14H,1-3H3,(H,31,37)(H,35,36). The van der Waals surface area contributed by atoms with Gasteiger partial charge in [-0.3, -0.25) is 24.5 Å². The fourth-order valence-electron chi connectivity index (χ4n) is 3.57. The number of rotatable bonds is 6. The monoisotopic (exact) mass is 505 g/mol. The quantitative estimate of drug-likeness (QED) is 0.371. The second-order valence-corrected chi connectivity index (χ2v) is 8.61. The van der Waals surface area contributed by atoms with Crippen molar-refractivity contribution in [2.75, 3.05) is 12.4 Å². The van der Waals surface area contributed by atoms with Crippen molar-refractivity contribution in [2.24, 2.45) is 0 Å². The van der Waals surface area contributed by atoms with Crippen molar-refractivity contribution in [1.29, 1.82) is 0 Å². The predicted octanol–water partition coefficient (Wildman–Crippen LogP) is 5.30. The van der Waals surface area contributed by atoms with Gasteiger partial charge in [0.25, 0.3) is 11.8 Å². The highest BCUT2D eigenvalue weighted by Gasteiger charge is 2.22. The molecule has 2 amide bonds. The van der Waals surface area contributed by atoms with E-state index in [9.17, 15) is 22.8 Å². The van der Waals surface area contributed by atoms with E-state index in [0.29, 0.717) is 16.8 Å². The fourth-order valence-corrected chi connectivity index (χ4v) is 3.57. The van der Waals surface area contributed by atoms with Crippen LogP contribution in [0.4, 0.5) is 18.9 Å². The first-order valence-electron chi connectivity index (χ1n) is 11.2. The third kappa shape index (κ3) is 5.64. The molecular weight excluding hydrogens is 483 g/mol. The van der Waals surface area contributed by atoms with Crippen LogP contribution in [0.1, 0.15) is 40.4 Å². The van der Waals surface area contributed by atoms with Crippen LogP contribution in [0.2, 0.25) is 0 Å². The Morgan fingerprint density at radius 2 is 1.54 bits per heavy atom. The molecular formula is C27H22F3N5O2. The summed E-state index contributed by atoms with van der Waals surface area (Å²) >= 11 is 0. The average Bonchev–Trinajstić information content (AvgIpc) is 2.90. The lowest BCUT2D eigenvalue weighted by Crippen LogP contribution is -2.19. The van der Waals surface area contributed by atoms with E-state index >= 15 is 0 Å². The third-order valence-corrected chi connectivity index (χ3v) is 5.50. The Morgan fingerprint density at radius 1 is 0.838 bits per heavy atom. The number of benzene rings is 1. The number of amides is 2. The summed E-state index contributed by atoms with van der Waals surface area (Å²) in [5, 5.41) is 5.01. The van der Waals surface area contributed by atoms with Crippen molar-refractivity contribution in [2.45, 2.75) is 19.5 Å². The highest BCUT2D eigenvalue weighted by Crippen LogP contribution is 2.31. The molecule has 3 heterocycles. The SMILES string of the molecule is CNC(=O)c1cc(-c2cc(-c3cc(NC(=O)c4ccnc(C(C)(C)F)c4)cc(F)c3F)ccn2)ccn1. The lowest BCUT2D eigenvalue weighted by molar-refractivity contribution is 0.0957. The average molecular weight is 506 g/mol. The molecule has 0 saturated carbocycles. The van der Waals surface area contributed by atoms with E-state index < -0.39 is 23.2 Å². The van der Waals surface area contributed by atoms with Gasteiger partial charge in [0, 0.05) is 54.1 Å². The molecule has 37 heavy (non-hydrogen) atoms. The predicted molar refractivity (Wildman–Crippen MR) is 133 cm³/mol. The van der Waals surface area contributed by atoms with Crippen molar-refractivity contribution in [3.8, 4) is 22.4 Å². The number of halogens is 3. The van der Waals surface area contributed by atoms with Crippen LogP contribution in [0.15, 0.2) is 67.1 Å². The summed E-state index contributed by atoms with van der Waals surface area (Å²) in [6, 6.07) is 11.0. The molecule has 0 saturated heterocycles. The zero-order chi connectivity index (χ0) is 26.7. The number of carbonyl (C=O) groups is 2. The molecule has 4 rings (SSSR count). The van der Waals surface area contributed by atoms with Gasteiger partial charge < -0.3 is 10.6 Å². The summed E-state index contributed by atoms with van der Waals surface area (Å²) in [4.78, 5) is 36.9. The van der Waals surface area contributed by atoms with Crippen molar-refractivity contribution in [3.63, 3.8) is 0 Å². The minimum Gasteiger partial charge on any atom is -0.354 e. The van der Waals surface area contributed by atoms with E-state index in [2.05, 4.69) is 25.6 Å². The summed E-state index contributed by atoms with van der Waals surface area (Å²) in [7, 11) is 1.48. The van der Waals surface area contributed by atoms with Gasteiger partial charge in [-0.2, -0.15) is 0 Å². The molecule has 0 aliphatic carbocycles. The third-order valence-electron chi connectivity index (χ3n) is 5.50. The van der Waals surface area contributed by atoms with E-state index in [0.717, 1.165) is 6.07 Å².